The zero-order valence-corrected chi connectivity index (χ0v) is 6.37. The molecule has 58 valence electrons. The first-order chi connectivity index (χ1) is 5.29. The number of nitrogens with zero attached hydrogens (tertiary/aromatic N) is 3. The number of hydrogen-bond acceptors (Lipinski definition) is 4. The number of aromatic nitrogens is 3. The Morgan fingerprint density at radius 2 is 2.27 bits per heavy atom. The lowest BCUT2D eigenvalue weighted by Gasteiger charge is -1.88. The van der Waals surface area contributed by atoms with Crippen LogP contribution in [0.3, 0.4) is 0 Å². The Kier molecular flexibility index (Phi) is 1.28. The van der Waals surface area contributed by atoms with Gasteiger partial charge in [0.25, 0.3) is 0 Å². The average molecular weight is 171 g/mol. The highest BCUT2D eigenvalue weighted by Gasteiger charge is 2.19. The standard InChI is InChI=1S/C5H5N3O2S/c9-11(10)5-2-1-4-6-3-7-8(4)5/h3H,1-2H2. The van der Waals surface area contributed by atoms with Crippen LogP contribution in [0.15, 0.2) is 6.33 Å². The quantitative estimate of drug-likeness (QED) is 0.473. The summed E-state index contributed by atoms with van der Waals surface area (Å²) in [6, 6.07) is 0. The van der Waals surface area contributed by atoms with E-state index in [4.69, 9.17) is 0 Å². The first-order valence-corrected chi connectivity index (χ1v) is 4.21. The molecule has 0 bridgehead atoms. The van der Waals surface area contributed by atoms with Crippen LogP contribution in [0.1, 0.15) is 12.2 Å². The molecule has 1 aliphatic heterocycles. The fourth-order valence-electron chi connectivity index (χ4n) is 1.12. The van der Waals surface area contributed by atoms with Crippen molar-refractivity contribution in [2.24, 2.45) is 0 Å². The third-order valence-electron chi connectivity index (χ3n) is 1.61. The second-order valence-corrected chi connectivity index (χ2v) is 3.16. The van der Waals surface area contributed by atoms with E-state index in [0.717, 1.165) is 5.82 Å². The maximum Gasteiger partial charge on any atom is 0.236 e. The molecule has 0 saturated heterocycles. The van der Waals surface area contributed by atoms with Crippen molar-refractivity contribution in [2.75, 3.05) is 0 Å². The van der Waals surface area contributed by atoms with Crippen LogP contribution in [-0.2, 0) is 16.7 Å². The molecule has 2 rings (SSSR count). The molecular weight excluding hydrogens is 166 g/mol. The molecule has 0 amide bonds. The van der Waals surface area contributed by atoms with Gasteiger partial charge in [0.05, 0.1) is 0 Å². The molecule has 1 aliphatic rings. The van der Waals surface area contributed by atoms with Crippen molar-refractivity contribution in [2.45, 2.75) is 12.8 Å². The summed E-state index contributed by atoms with van der Waals surface area (Å²) in [6.07, 6.45) is 2.55. The van der Waals surface area contributed by atoms with Crippen LogP contribution < -0.4 is 0 Å². The highest BCUT2D eigenvalue weighted by atomic mass is 32.2. The first kappa shape index (κ1) is 6.53. The van der Waals surface area contributed by atoms with Crippen molar-refractivity contribution >= 4 is 15.3 Å². The summed E-state index contributed by atoms with van der Waals surface area (Å²) in [5.41, 5.74) is 0. The number of aryl methyl sites for hydroxylation is 1. The highest BCUT2D eigenvalue weighted by molar-refractivity contribution is 7.72. The van der Waals surface area contributed by atoms with E-state index >= 15 is 0 Å². The Bertz CT molecular complexity index is 409. The molecule has 0 unspecified atom stereocenters. The van der Waals surface area contributed by atoms with Crippen LogP contribution in [0.4, 0.5) is 0 Å². The van der Waals surface area contributed by atoms with Gasteiger partial charge in [-0.1, -0.05) is 0 Å². The van der Waals surface area contributed by atoms with E-state index in [2.05, 4.69) is 10.1 Å². The Hall–Kier alpha value is -1.17. The molecule has 0 atom stereocenters. The van der Waals surface area contributed by atoms with E-state index in [0.29, 0.717) is 17.8 Å². The van der Waals surface area contributed by atoms with Crippen molar-refractivity contribution in [1.29, 1.82) is 0 Å². The number of hydrogen-bond donors (Lipinski definition) is 0. The van der Waals surface area contributed by atoms with Crippen LogP contribution >= 0.6 is 0 Å². The van der Waals surface area contributed by atoms with Gasteiger partial charge in [-0.15, -0.1) is 0 Å². The van der Waals surface area contributed by atoms with Gasteiger partial charge >= 0.3 is 0 Å². The minimum atomic E-state index is -2.15. The minimum absolute atomic E-state index is 0.317. The van der Waals surface area contributed by atoms with Crippen LogP contribution in [0.5, 0.6) is 0 Å². The SMILES string of the molecule is O=S(=O)=C1CCc2ncnn21. The van der Waals surface area contributed by atoms with Gasteiger partial charge in [-0.2, -0.15) is 13.5 Å². The predicted molar refractivity (Wildman–Crippen MR) is 37.7 cm³/mol. The van der Waals surface area contributed by atoms with Gasteiger partial charge in [0.1, 0.15) is 12.2 Å². The molecule has 1 aromatic rings. The van der Waals surface area contributed by atoms with Gasteiger partial charge in [0.2, 0.25) is 10.3 Å². The zero-order valence-electron chi connectivity index (χ0n) is 5.56. The van der Waals surface area contributed by atoms with E-state index in [1.54, 1.807) is 0 Å². The van der Waals surface area contributed by atoms with Crippen molar-refractivity contribution in [3.05, 3.63) is 12.2 Å². The molecule has 1 aromatic heterocycles. The second-order valence-electron chi connectivity index (χ2n) is 2.22. The van der Waals surface area contributed by atoms with E-state index < -0.39 is 10.3 Å². The molecule has 0 saturated carbocycles. The fraction of sp³-hybridized carbons (Fsp3) is 0.400. The molecular formula is C5H5N3O2S. The lowest BCUT2D eigenvalue weighted by atomic mass is 10.4. The average Bonchev–Trinajstić information content (AvgIpc) is 2.41. The van der Waals surface area contributed by atoms with E-state index in [-0.39, 0.29) is 0 Å². The maximum atomic E-state index is 10.5. The zero-order chi connectivity index (χ0) is 7.84. The van der Waals surface area contributed by atoms with Crippen LogP contribution in [0.25, 0.3) is 0 Å². The Labute approximate surface area is 64.2 Å². The van der Waals surface area contributed by atoms with Crippen molar-refractivity contribution in [3.8, 4) is 0 Å². The molecule has 6 heteroatoms. The van der Waals surface area contributed by atoms with Gasteiger partial charge in [-0.25, -0.2) is 9.67 Å². The second kappa shape index (κ2) is 2.16. The smallest absolute Gasteiger partial charge is 0.220 e. The summed E-state index contributed by atoms with van der Waals surface area (Å²) in [5, 5.41) is 3.77. The molecule has 0 N–H and O–H groups in total. The van der Waals surface area contributed by atoms with Gasteiger partial charge in [0.15, 0.2) is 4.99 Å². The van der Waals surface area contributed by atoms with Crippen LogP contribution in [-0.4, -0.2) is 28.2 Å². The van der Waals surface area contributed by atoms with E-state index in [9.17, 15) is 8.42 Å². The fourth-order valence-corrected chi connectivity index (χ4v) is 1.69. The largest absolute Gasteiger partial charge is 0.236 e. The number of fused-ring (bicyclic) bond motifs is 1. The molecule has 0 spiro atoms. The molecule has 0 radical (unpaired) electrons. The summed E-state index contributed by atoms with van der Waals surface area (Å²) < 4.78 is 22.5. The van der Waals surface area contributed by atoms with Crippen molar-refractivity contribution in [1.82, 2.24) is 14.8 Å². The van der Waals surface area contributed by atoms with Crippen molar-refractivity contribution in [3.63, 3.8) is 0 Å². The van der Waals surface area contributed by atoms with Crippen LogP contribution in [0, 0.1) is 0 Å². The Balaban J connectivity index is 2.73. The molecule has 0 fully saturated rings. The summed E-state index contributed by atoms with van der Waals surface area (Å²) in [4.78, 5) is 4.20. The van der Waals surface area contributed by atoms with Gasteiger partial charge in [0, 0.05) is 12.8 Å². The summed E-state index contributed by atoms with van der Waals surface area (Å²) in [5.74, 6) is 0.726. The maximum absolute atomic E-state index is 10.5. The molecule has 0 aliphatic carbocycles. The molecule has 5 nitrogen and oxygen atoms in total. The minimum Gasteiger partial charge on any atom is -0.220 e. The van der Waals surface area contributed by atoms with E-state index in [1.165, 1.54) is 11.0 Å². The molecule has 11 heavy (non-hydrogen) atoms. The van der Waals surface area contributed by atoms with Gasteiger partial charge < -0.3 is 0 Å². The Morgan fingerprint density at radius 3 is 3.00 bits per heavy atom. The lowest BCUT2D eigenvalue weighted by molar-refractivity contribution is 0.626. The molecule has 2 heterocycles. The van der Waals surface area contributed by atoms with Gasteiger partial charge in [-0.3, -0.25) is 0 Å². The topological polar surface area (TPSA) is 64.8 Å². The summed E-state index contributed by atoms with van der Waals surface area (Å²) >= 11 is 0. The third-order valence-corrected chi connectivity index (χ3v) is 2.37. The van der Waals surface area contributed by atoms with E-state index in [1.807, 2.05) is 0 Å². The predicted octanol–water partition coefficient (Wildman–Crippen LogP) is -0.919. The lowest BCUT2D eigenvalue weighted by Crippen LogP contribution is -2.08. The summed E-state index contributed by atoms with van der Waals surface area (Å²) in [6.45, 7) is 0. The Morgan fingerprint density at radius 1 is 1.45 bits per heavy atom. The molecule has 0 aromatic carbocycles. The number of rotatable bonds is 0. The van der Waals surface area contributed by atoms with Crippen LogP contribution in [0.2, 0.25) is 0 Å². The monoisotopic (exact) mass is 171 g/mol. The third kappa shape index (κ3) is 0.864. The van der Waals surface area contributed by atoms with Crippen molar-refractivity contribution < 1.29 is 8.42 Å². The summed E-state index contributed by atoms with van der Waals surface area (Å²) in [7, 11) is -2.15. The first-order valence-electron chi connectivity index (χ1n) is 3.13. The van der Waals surface area contributed by atoms with Gasteiger partial charge in [-0.05, 0) is 0 Å². The highest BCUT2D eigenvalue weighted by Crippen LogP contribution is 2.08. The normalized spacial score (nSPS) is 15.1.